The van der Waals surface area contributed by atoms with E-state index < -0.39 is 5.97 Å². The Labute approximate surface area is 133 Å². The van der Waals surface area contributed by atoms with Gasteiger partial charge in [-0.3, -0.25) is 4.79 Å². The fourth-order valence-corrected chi connectivity index (χ4v) is 2.21. The molecule has 0 spiro atoms. The zero-order valence-corrected chi connectivity index (χ0v) is 12.4. The molecular formula is C18H14O5. The van der Waals surface area contributed by atoms with Gasteiger partial charge in [0.1, 0.15) is 18.1 Å². The zero-order valence-electron chi connectivity index (χ0n) is 12.4. The van der Waals surface area contributed by atoms with Gasteiger partial charge in [0.2, 0.25) is 5.78 Å². The maximum Gasteiger partial charge on any atom is 0.337 e. The lowest BCUT2D eigenvalue weighted by atomic mass is 10.1. The van der Waals surface area contributed by atoms with Crippen LogP contribution in [0.15, 0.2) is 54.3 Å². The normalized spacial score (nSPS) is 14.5. The van der Waals surface area contributed by atoms with Gasteiger partial charge in [0.15, 0.2) is 5.76 Å². The molecule has 1 aliphatic rings. The van der Waals surface area contributed by atoms with E-state index in [-0.39, 0.29) is 18.1 Å². The van der Waals surface area contributed by atoms with E-state index in [1.54, 1.807) is 18.2 Å². The minimum atomic E-state index is -0.517. The van der Waals surface area contributed by atoms with Crippen LogP contribution in [-0.4, -0.2) is 25.5 Å². The van der Waals surface area contributed by atoms with Gasteiger partial charge in [-0.05, 0) is 23.8 Å². The van der Waals surface area contributed by atoms with Crippen molar-refractivity contribution in [1.82, 2.24) is 0 Å². The van der Waals surface area contributed by atoms with Crippen LogP contribution in [0.3, 0.4) is 0 Å². The van der Waals surface area contributed by atoms with Gasteiger partial charge in [-0.25, -0.2) is 4.79 Å². The molecule has 0 radical (unpaired) electrons. The highest BCUT2D eigenvalue weighted by Gasteiger charge is 2.27. The van der Waals surface area contributed by atoms with E-state index >= 15 is 0 Å². The quantitative estimate of drug-likeness (QED) is 0.494. The van der Waals surface area contributed by atoms with E-state index in [1.165, 1.54) is 13.2 Å². The Morgan fingerprint density at radius 1 is 1.17 bits per heavy atom. The number of carbonyl (C=O) groups excluding carboxylic acids is 2. The molecule has 0 atom stereocenters. The van der Waals surface area contributed by atoms with Crippen LogP contribution in [0.25, 0.3) is 6.08 Å². The molecule has 0 saturated heterocycles. The largest absolute Gasteiger partial charge is 0.452 e. The Morgan fingerprint density at radius 3 is 2.70 bits per heavy atom. The summed E-state index contributed by atoms with van der Waals surface area (Å²) in [6, 6.07) is 14.1. The van der Waals surface area contributed by atoms with Crippen molar-refractivity contribution in [1.29, 1.82) is 0 Å². The second-order valence-corrected chi connectivity index (χ2v) is 4.92. The first-order valence-corrected chi connectivity index (χ1v) is 7.00. The second-order valence-electron chi connectivity index (χ2n) is 4.92. The summed E-state index contributed by atoms with van der Waals surface area (Å²) in [6.07, 6.45) is 1.68. The predicted molar refractivity (Wildman–Crippen MR) is 83.3 cm³/mol. The minimum Gasteiger partial charge on any atom is -0.452 e. The Bertz CT molecular complexity index is 777. The number of hydrogen-bond donors (Lipinski definition) is 0. The molecule has 0 bridgehead atoms. The summed E-state index contributed by atoms with van der Waals surface area (Å²) >= 11 is 0. The summed E-state index contributed by atoms with van der Waals surface area (Å²) in [4.78, 5) is 23.7. The standard InChI is InChI=1S/C18H14O5/c1-21-11-17(19)22-13-7-8-14-15(10-13)23-16(18(14)20)9-12-5-3-2-4-6-12/h2-10H,11H2,1H3/b16-9-. The molecule has 5 heteroatoms. The first kappa shape index (κ1) is 15.0. The number of allylic oxidation sites excluding steroid dienone is 1. The third-order valence-electron chi connectivity index (χ3n) is 3.23. The van der Waals surface area contributed by atoms with Crippen molar-refractivity contribution in [2.45, 2.75) is 0 Å². The van der Waals surface area contributed by atoms with Gasteiger partial charge < -0.3 is 14.2 Å². The van der Waals surface area contributed by atoms with Gasteiger partial charge in [-0.2, -0.15) is 0 Å². The molecule has 116 valence electrons. The van der Waals surface area contributed by atoms with Crippen LogP contribution in [0.2, 0.25) is 0 Å². The number of carbonyl (C=O) groups is 2. The summed E-state index contributed by atoms with van der Waals surface area (Å²) < 4.78 is 15.4. The lowest BCUT2D eigenvalue weighted by molar-refractivity contribution is -0.138. The Morgan fingerprint density at radius 2 is 1.96 bits per heavy atom. The summed E-state index contributed by atoms with van der Waals surface area (Å²) in [5.74, 6) is 0.210. The van der Waals surface area contributed by atoms with Crippen molar-refractivity contribution in [3.63, 3.8) is 0 Å². The summed E-state index contributed by atoms with van der Waals surface area (Å²) in [7, 11) is 1.41. The molecule has 5 nitrogen and oxygen atoms in total. The number of methoxy groups -OCH3 is 1. The molecule has 2 aromatic carbocycles. The molecule has 1 aliphatic heterocycles. The van der Waals surface area contributed by atoms with Crippen molar-refractivity contribution < 1.29 is 23.8 Å². The zero-order chi connectivity index (χ0) is 16.2. The molecule has 0 N–H and O–H groups in total. The first-order valence-electron chi connectivity index (χ1n) is 7.00. The molecule has 0 aromatic heterocycles. The minimum absolute atomic E-state index is 0.143. The highest BCUT2D eigenvalue weighted by Crippen LogP contribution is 2.34. The van der Waals surface area contributed by atoms with Gasteiger partial charge in [0, 0.05) is 13.2 Å². The second kappa shape index (κ2) is 6.46. The fourth-order valence-electron chi connectivity index (χ4n) is 2.21. The van der Waals surface area contributed by atoms with Crippen LogP contribution < -0.4 is 9.47 Å². The molecule has 0 saturated carbocycles. The number of fused-ring (bicyclic) bond motifs is 1. The van der Waals surface area contributed by atoms with Crippen molar-refractivity contribution in [2.24, 2.45) is 0 Å². The van der Waals surface area contributed by atoms with Crippen LogP contribution in [0, 0.1) is 0 Å². The van der Waals surface area contributed by atoms with Gasteiger partial charge in [-0.15, -0.1) is 0 Å². The smallest absolute Gasteiger partial charge is 0.337 e. The monoisotopic (exact) mass is 310 g/mol. The first-order chi connectivity index (χ1) is 11.2. The van der Waals surface area contributed by atoms with Gasteiger partial charge in [0.05, 0.1) is 5.56 Å². The third-order valence-corrected chi connectivity index (χ3v) is 3.23. The number of ketones is 1. The van der Waals surface area contributed by atoms with Gasteiger partial charge >= 0.3 is 5.97 Å². The van der Waals surface area contributed by atoms with E-state index in [2.05, 4.69) is 0 Å². The Kier molecular flexibility index (Phi) is 4.21. The average Bonchev–Trinajstić information content (AvgIpc) is 2.84. The molecular weight excluding hydrogens is 296 g/mol. The molecule has 0 fully saturated rings. The Balaban J connectivity index is 1.82. The maximum atomic E-state index is 12.3. The van der Waals surface area contributed by atoms with E-state index in [1.807, 2.05) is 30.3 Å². The number of hydrogen-bond acceptors (Lipinski definition) is 5. The van der Waals surface area contributed by atoms with Crippen LogP contribution >= 0.6 is 0 Å². The molecule has 0 aliphatic carbocycles. The number of benzene rings is 2. The third kappa shape index (κ3) is 3.30. The van der Waals surface area contributed by atoms with E-state index in [0.29, 0.717) is 17.1 Å². The van der Waals surface area contributed by atoms with Gasteiger partial charge in [-0.1, -0.05) is 30.3 Å². The molecule has 2 aromatic rings. The van der Waals surface area contributed by atoms with Crippen LogP contribution in [-0.2, 0) is 9.53 Å². The number of esters is 1. The van der Waals surface area contributed by atoms with Crippen molar-refractivity contribution in [2.75, 3.05) is 13.7 Å². The number of rotatable bonds is 4. The molecule has 1 heterocycles. The number of ether oxygens (including phenoxy) is 3. The average molecular weight is 310 g/mol. The van der Waals surface area contributed by atoms with E-state index in [9.17, 15) is 9.59 Å². The maximum absolute atomic E-state index is 12.3. The topological polar surface area (TPSA) is 61.8 Å². The van der Waals surface area contributed by atoms with Crippen molar-refractivity contribution in [3.05, 3.63) is 65.4 Å². The van der Waals surface area contributed by atoms with Crippen LogP contribution in [0.4, 0.5) is 0 Å². The molecule has 23 heavy (non-hydrogen) atoms. The number of Topliss-reactive ketones (excluding diaryl/α,β-unsaturated/α-hetero) is 1. The molecule has 0 amide bonds. The van der Waals surface area contributed by atoms with Gasteiger partial charge in [0.25, 0.3) is 0 Å². The SMILES string of the molecule is COCC(=O)Oc1ccc2c(c1)O/C(=C\c1ccccc1)C2=O. The highest BCUT2D eigenvalue weighted by molar-refractivity contribution is 6.14. The predicted octanol–water partition coefficient (Wildman–Crippen LogP) is 2.85. The highest BCUT2D eigenvalue weighted by atomic mass is 16.6. The lowest BCUT2D eigenvalue weighted by Gasteiger charge is -2.04. The summed E-state index contributed by atoms with van der Waals surface area (Å²) in [5, 5.41) is 0. The van der Waals surface area contributed by atoms with Crippen LogP contribution in [0.5, 0.6) is 11.5 Å². The lowest BCUT2D eigenvalue weighted by Crippen LogP contribution is -2.14. The summed E-state index contributed by atoms with van der Waals surface area (Å²) in [5.41, 5.74) is 1.31. The molecule has 3 rings (SSSR count). The molecule has 0 unspecified atom stereocenters. The van der Waals surface area contributed by atoms with E-state index in [0.717, 1.165) is 5.56 Å². The van der Waals surface area contributed by atoms with Crippen molar-refractivity contribution in [3.8, 4) is 11.5 Å². The fraction of sp³-hybridized carbons (Fsp3) is 0.111. The Hall–Kier alpha value is -2.92. The van der Waals surface area contributed by atoms with E-state index in [4.69, 9.17) is 14.2 Å². The van der Waals surface area contributed by atoms with Crippen LogP contribution in [0.1, 0.15) is 15.9 Å². The van der Waals surface area contributed by atoms with Crippen molar-refractivity contribution >= 4 is 17.8 Å². The summed E-state index contributed by atoms with van der Waals surface area (Å²) in [6.45, 7) is -0.143.